The van der Waals surface area contributed by atoms with Gasteiger partial charge in [0.05, 0.1) is 6.42 Å². The number of anilines is 1. The summed E-state index contributed by atoms with van der Waals surface area (Å²) in [6, 6.07) is 7.97. The first-order chi connectivity index (χ1) is 18.0. The molecule has 4 atom stereocenters. The zero-order valence-corrected chi connectivity index (χ0v) is 23.3. The van der Waals surface area contributed by atoms with Crippen LogP contribution in [0.4, 0.5) is 15.3 Å². The van der Waals surface area contributed by atoms with E-state index in [0.717, 1.165) is 43.4 Å². The summed E-state index contributed by atoms with van der Waals surface area (Å²) in [6.45, 7) is 6.81. The monoisotopic (exact) mass is 531 g/mol. The van der Waals surface area contributed by atoms with Crippen molar-refractivity contribution in [3.63, 3.8) is 0 Å². The number of ether oxygens (including phenoxy) is 2. The molecule has 0 spiro atoms. The van der Waals surface area contributed by atoms with Gasteiger partial charge in [0.2, 0.25) is 5.91 Å². The molecule has 0 radical (unpaired) electrons. The fraction of sp³-hybridized carbons (Fsp3) is 0.690. The number of carbonyl (C=O) groups is 3. The summed E-state index contributed by atoms with van der Waals surface area (Å²) in [5, 5.41) is 19.1. The van der Waals surface area contributed by atoms with Crippen molar-refractivity contribution >= 4 is 23.8 Å². The molecule has 2 heterocycles. The molecule has 1 aromatic rings. The maximum atomic E-state index is 12.9. The van der Waals surface area contributed by atoms with Crippen LogP contribution in [0.25, 0.3) is 0 Å². The number of carbonyl (C=O) groups excluding carboxylic acids is 3. The first-order valence-corrected chi connectivity index (χ1v) is 14.0. The number of fused-ring (bicyclic) bond motifs is 4. The zero-order chi connectivity index (χ0) is 27.8. The molecule has 212 valence electrons. The highest BCUT2D eigenvalue weighted by molar-refractivity contribution is 5.91. The van der Waals surface area contributed by atoms with Crippen molar-refractivity contribution in [3.05, 3.63) is 29.8 Å². The largest absolute Gasteiger partial charge is 0.446 e. The van der Waals surface area contributed by atoms with E-state index in [4.69, 9.17) is 9.47 Å². The Bertz CT molecular complexity index is 969. The molecule has 3 amide bonds. The summed E-state index contributed by atoms with van der Waals surface area (Å²) >= 11 is 0. The predicted octanol–water partition coefficient (Wildman–Crippen LogP) is 5.27. The van der Waals surface area contributed by atoms with Crippen LogP contribution in [0.2, 0.25) is 0 Å². The van der Waals surface area contributed by atoms with Crippen LogP contribution < -0.4 is 16.0 Å². The van der Waals surface area contributed by atoms with E-state index >= 15 is 0 Å². The van der Waals surface area contributed by atoms with Crippen LogP contribution in [0, 0.1) is 11.3 Å². The summed E-state index contributed by atoms with van der Waals surface area (Å²) in [5.41, 5.74) is 0.676. The minimum absolute atomic E-state index is 0.0112. The maximum Gasteiger partial charge on any atom is 0.409 e. The van der Waals surface area contributed by atoms with Gasteiger partial charge in [-0.15, -0.1) is 0 Å². The molecule has 0 aliphatic carbocycles. The van der Waals surface area contributed by atoms with Gasteiger partial charge in [0, 0.05) is 19.2 Å². The van der Waals surface area contributed by atoms with Crippen LogP contribution in [0.1, 0.15) is 90.5 Å². The summed E-state index contributed by atoms with van der Waals surface area (Å²) in [4.78, 5) is 37.0. The van der Waals surface area contributed by atoms with E-state index in [1.807, 2.05) is 18.2 Å². The van der Waals surface area contributed by atoms with Gasteiger partial charge in [-0.2, -0.15) is 0 Å². The molecule has 38 heavy (non-hydrogen) atoms. The average molecular weight is 532 g/mol. The fourth-order valence-corrected chi connectivity index (χ4v) is 5.50. The number of benzene rings is 1. The smallest absolute Gasteiger partial charge is 0.409 e. The molecule has 2 aliphatic heterocycles. The van der Waals surface area contributed by atoms with E-state index < -0.39 is 30.1 Å². The van der Waals surface area contributed by atoms with E-state index in [2.05, 4.69) is 42.8 Å². The summed E-state index contributed by atoms with van der Waals surface area (Å²) in [7, 11) is 1.47. The minimum Gasteiger partial charge on any atom is -0.446 e. The molecule has 1 saturated heterocycles. The summed E-state index contributed by atoms with van der Waals surface area (Å²) in [6.07, 6.45) is 4.70. The molecule has 0 saturated carbocycles. The normalized spacial score (nSPS) is 29.8. The lowest BCUT2D eigenvalue weighted by molar-refractivity contribution is -0.118. The number of amides is 3. The number of hydrogen-bond donors (Lipinski definition) is 4. The SMILES string of the molecule is CNC(=O)OC1CCCC2CC(O)(CCCCCC(C)(C(C)C)Cc3cccc(c3)NC(=O)C1)NC(=O)O2. The molecule has 1 aromatic carbocycles. The number of aliphatic hydroxyl groups is 1. The lowest BCUT2D eigenvalue weighted by atomic mass is 9.71. The Morgan fingerprint density at radius 1 is 1.16 bits per heavy atom. The molecule has 1 fully saturated rings. The van der Waals surface area contributed by atoms with Crippen LogP contribution >= 0.6 is 0 Å². The second-order valence-electron chi connectivity index (χ2n) is 11.6. The van der Waals surface area contributed by atoms with Gasteiger partial charge in [0.1, 0.15) is 17.9 Å². The molecule has 4 unspecified atom stereocenters. The fourth-order valence-electron chi connectivity index (χ4n) is 5.50. The van der Waals surface area contributed by atoms with E-state index in [1.54, 1.807) is 0 Å². The third kappa shape index (κ3) is 8.89. The minimum atomic E-state index is -1.29. The topological polar surface area (TPSA) is 126 Å². The molecule has 2 aliphatic rings. The first kappa shape index (κ1) is 29.7. The zero-order valence-electron chi connectivity index (χ0n) is 23.3. The number of nitrogens with one attached hydrogen (secondary N) is 3. The van der Waals surface area contributed by atoms with Crippen molar-refractivity contribution in [1.82, 2.24) is 10.6 Å². The first-order valence-electron chi connectivity index (χ1n) is 14.0. The van der Waals surface area contributed by atoms with Gasteiger partial charge in [-0.1, -0.05) is 45.7 Å². The molecule has 3 rings (SSSR count). The van der Waals surface area contributed by atoms with E-state index in [9.17, 15) is 19.5 Å². The Morgan fingerprint density at radius 2 is 1.92 bits per heavy atom. The predicted molar refractivity (Wildman–Crippen MR) is 146 cm³/mol. The van der Waals surface area contributed by atoms with Crippen LogP contribution in [-0.2, 0) is 20.7 Å². The third-order valence-electron chi connectivity index (χ3n) is 8.17. The second kappa shape index (κ2) is 13.3. The molecule has 9 nitrogen and oxygen atoms in total. The third-order valence-corrected chi connectivity index (χ3v) is 8.17. The quantitative estimate of drug-likeness (QED) is 0.412. The molecular formula is C29H45N3O6. The van der Waals surface area contributed by atoms with Gasteiger partial charge in [-0.3, -0.25) is 10.1 Å². The highest BCUT2D eigenvalue weighted by Gasteiger charge is 2.38. The highest BCUT2D eigenvalue weighted by atomic mass is 16.6. The van der Waals surface area contributed by atoms with Crippen molar-refractivity contribution in [2.75, 3.05) is 12.4 Å². The van der Waals surface area contributed by atoms with Crippen molar-refractivity contribution < 1.29 is 29.0 Å². The van der Waals surface area contributed by atoms with Gasteiger partial charge in [0.25, 0.3) is 0 Å². The number of alkyl carbamates (subject to hydrolysis) is 2. The van der Waals surface area contributed by atoms with Gasteiger partial charge in [-0.05, 0) is 74.0 Å². The molecule has 9 heteroatoms. The van der Waals surface area contributed by atoms with E-state index in [-0.39, 0.29) is 17.7 Å². The summed E-state index contributed by atoms with van der Waals surface area (Å²) in [5.74, 6) is 0.223. The Morgan fingerprint density at radius 3 is 2.66 bits per heavy atom. The van der Waals surface area contributed by atoms with Crippen molar-refractivity contribution in [1.29, 1.82) is 0 Å². The lowest BCUT2D eigenvalue weighted by Gasteiger charge is -2.37. The molecule has 4 N–H and O–H groups in total. The van der Waals surface area contributed by atoms with Crippen LogP contribution in [0.3, 0.4) is 0 Å². The van der Waals surface area contributed by atoms with Crippen molar-refractivity contribution in [2.45, 2.75) is 109 Å². The Kier molecular flexibility index (Phi) is 10.4. The maximum absolute atomic E-state index is 12.9. The lowest BCUT2D eigenvalue weighted by Crippen LogP contribution is -2.56. The van der Waals surface area contributed by atoms with Crippen LogP contribution in [0.5, 0.6) is 0 Å². The van der Waals surface area contributed by atoms with Gasteiger partial charge in [-0.25, -0.2) is 9.59 Å². The Hall–Kier alpha value is -2.81. The van der Waals surface area contributed by atoms with Crippen LogP contribution in [0.15, 0.2) is 24.3 Å². The molecular weight excluding hydrogens is 486 g/mol. The van der Waals surface area contributed by atoms with Crippen LogP contribution in [-0.4, -0.2) is 48.2 Å². The Labute approximate surface area is 226 Å². The highest BCUT2D eigenvalue weighted by Crippen LogP contribution is 2.38. The van der Waals surface area contributed by atoms with E-state index in [1.165, 1.54) is 7.05 Å². The molecule has 4 bridgehead atoms. The average Bonchev–Trinajstić information content (AvgIpc) is 2.82. The second-order valence-corrected chi connectivity index (χ2v) is 11.6. The number of hydrogen-bond acceptors (Lipinski definition) is 6. The van der Waals surface area contributed by atoms with Gasteiger partial charge < -0.3 is 25.2 Å². The van der Waals surface area contributed by atoms with Gasteiger partial charge in [0.15, 0.2) is 0 Å². The Balaban J connectivity index is 1.80. The van der Waals surface area contributed by atoms with Crippen molar-refractivity contribution in [2.24, 2.45) is 11.3 Å². The standard InChI is InChI=1S/C29H45N3O6/c1-20(2)28(3)14-6-5-7-15-29(36)19-24(38-27(35)32-29)13-9-12-23(37-26(34)30-4)17-25(33)31-22-11-8-10-21(16-22)18-28/h8,10-11,16,20,23-24,36H,5-7,9,12-15,17-19H2,1-4H3,(H,30,34)(H,31,33)(H,32,35). The number of rotatable bonds is 2. The van der Waals surface area contributed by atoms with Gasteiger partial charge >= 0.3 is 12.2 Å². The molecule has 0 aromatic heterocycles. The summed E-state index contributed by atoms with van der Waals surface area (Å²) < 4.78 is 10.9. The van der Waals surface area contributed by atoms with E-state index in [0.29, 0.717) is 38.0 Å². The van der Waals surface area contributed by atoms with Crippen molar-refractivity contribution in [3.8, 4) is 0 Å².